The molecular formula is C17H30O6. The van der Waals surface area contributed by atoms with Gasteiger partial charge in [0.2, 0.25) is 0 Å². The van der Waals surface area contributed by atoms with Gasteiger partial charge in [0, 0.05) is 6.42 Å². The van der Waals surface area contributed by atoms with Crippen molar-refractivity contribution >= 4 is 5.97 Å². The van der Waals surface area contributed by atoms with Crippen LogP contribution in [0.25, 0.3) is 0 Å². The van der Waals surface area contributed by atoms with Gasteiger partial charge in [0.1, 0.15) is 6.10 Å². The first kappa shape index (κ1) is 18.6. The maximum Gasteiger partial charge on any atom is 0.309 e. The molecule has 0 aromatic heterocycles. The first-order chi connectivity index (χ1) is 10.8. The van der Waals surface area contributed by atoms with Crippen molar-refractivity contribution in [2.24, 2.45) is 11.8 Å². The smallest absolute Gasteiger partial charge is 0.309 e. The lowest BCUT2D eigenvalue weighted by Crippen LogP contribution is -2.48. The van der Waals surface area contributed by atoms with E-state index in [0.29, 0.717) is 5.92 Å². The molecule has 0 spiro atoms. The zero-order valence-electron chi connectivity index (χ0n) is 14.5. The molecule has 1 heterocycles. The highest BCUT2D eigenvalue weighted by atomic mass is 16.7. The molecule has 2 fully saturated rings. The summed E-state index contributed by atoms with van der Waals surface area (Å²) in [5.41, 5.74) is 0. The zero-order chi connectivity index (χ0) is 17.1. The normalized spacial score (nSPS) is 38.4. The van der Waals surface area contributed by atoms with Gasteiger partial charge in [-0.1, -0.05) is 0 Å². The van der Waals surface area contributed by atoms with E-state index >= 15 is 0 Å². The van der Waals surface area contributed by atoms with Gasteiger partial charge in [-0.05, 0) is 52.9 Å². The van der Waals surface area contributed by atoms with E-state index in [4.69, 9.17) is 14.2 Å². The summed E-state index contributed by atoms with van der Waals surface area (Å²) in [6.07, 6.45) is 0.248. The fourth-order valence-electron chi connectivity index (χ4n) is 2.99. The minimum Gasteiger partial charge on any atom is -0.463 e. The summed E-state index contributed by atoms with van der Waals surface area (Å²) in [5, 5.41) is 19.6. The molecular weight excluding hydrogens is 300 g/mol. The van der Waals surface area contributed by atoms with Gasteiger partial charge in [-0.3, -0.25) is 4.79 Å². The van der Waals surface area contributed by atoms with Crippen LogP contribution in [0.15, 0.2) is 0 Å². The number of aliphatic hydroxyl groups excluding tert-OH is 2. The second-order valence-electron chi connectivity index (χ2n) is 7.19. The number of hydrogen-bond acceptors (Lipinski definition) is 6. The predicted octanol–water partition coefficient (Wildman–Crippen LogP) is 1.62. The number of hydrogen-bond donors (Lipinski definition) is 2. The molecule has 1 saturated carbocycles. The highest BCUT2D eigenvalue weighted by molar-refractivity contribution is 5.75. The molecule has 0 amide bonds. The maximum absolute atomic E-state index is 11.8. The van der Waals surface area contributed by atoms with E-state index < -0.39 is 18.5 Å². The number of ether oxygens (including phenoxy) is 3. The second kappa shape index (κ2) is 7.92. The Morgan fingerprint density at radius 3 is 2.57 bits per heavy atom. The largest absolute Gasteiger partial charge is 0.463 e. The minimum atomic E-state index is -0.807. The number of aliphatic hydroxyl groups is 2. The molecule has 6 heteroatoms. The van der Waals surface area contributed by atoms with Crippen LogP contribution in [0.4, 0.5) is 0 Å². The SMILES string of the molecule is CC(C)OC(=O)[C@H]1C[C@H]1CC[C@@H](C)OC1O[C@@H](C)[C@H](O)C[C@H]1O. The lowest BCUT2D eigenvalue weighted by Gasteiger charge is -2.36. The van der Waals surface area contributed by atoms with Crippen LogP contribution in [-0.2, 0) is 19.0 Å². The summed E-state index contributed by atoms with van der Waals surface area (Å²) >= 11 is 0. The first-order valence-corrected chi connectivity index (χ1v) is 8.65. The third kappa shape index (κ3) is 5.41. The summed E-state index contributed by atoms with van der Waals surface area (Å²) in [6.45, 7) is 7.43. The van der Waals surface area contributed by atoms with Crippen molar-refractivity contribution in [3.05, 3.63) is 0 Å². The molecule has 2 rings (SSSR count). The molecule has 1 aliphatic carbocycles. The van der Waals surface area contributed by atoms with Gasteiger partial charge in [-0.15, -0.1) is 0 Å². The van der Waals surface area contributed by atoms with Crippen molar-refractivity contribution in [3.8, 4) is 0 Å². The Balaban J connectivity index is 1.66. The molecule has 1 saturated heterocycles. The van der Waals surface area contributed by atoms with E-state index in [1.54, 1.807) is 6.92 Å². The van der Waals surface area contributed by atoms with Gasteiger partial charge in [0.15, 0.2) is 6.29 Å². The lowest BCUT2D eigenvalue weighted by atomic mass is 10.0. The van der Waals surface area contributed by atoms with Crippen LogP contribution in [0, 0.1) is 11.8 Å². The van der Waals surface area contributed by atoms with Gasteiger partial charge >= 0.3 is 5.97 Å². The van der Waals surface area contributed by atoms with Crippen molar-refractivity contribution in [1.29, 1.82) is 0 Å². The lowest BCUT2D eigenvalue weighted by molar-refractivity contribution is -0.273. The first-order valence-electron chi connectivity index (χ1n) is 8.65. The van der Waals surface area contributed by atoms with Crippen molar-refractivity contribution in [2.75, 3.05) is 0 Å². The van der Waals surface area contributed by atoms with E-state index in [1.165, 1.54) is 0 Å². The highest BCUT2D eigenvalue weighted by Gasteiger charge is 2.44. The Morgan fingerprint density at radius 1 is 1.22 bits per heavy atom. The highest BCUT2D eigenvalue weighted by Crippen LogP contribution is 2.43. The molecule has 0 radical (unpaired) electrons. The van der Waals surface area contributed by atoms with Crippen molar-refractivity contribution < 1.29 is 29.2 Å². The van der Waals surface area contributed by atoms with E-state index in [0.717, 1.165) is 19.3 Å². The number of carbonyl (C=O) groups excluding carboxylic acids is 1. The third-order valence-corrected chi connectivity index (χ3v) is 4.58. The molecule has 6 nitrogen and oxygen atoms in total. The Labute approximate surface area is 138 Å². The zero-order valence-corrected chi connectivity index (χ0v) is 14.5. The van der Waals surface area contributed by atoms with Crippen LogP contribution in [0.2, 0.25) is 0 Å². The van der Waals surface area contributed by atoms with Crippen LogP contribution in [0.1, 0.15) is 53.4 Å². The van der Waals surface area contributed by atoms with E-state index in [-0.39, 0.29) is 36.6 Å². The molecule has 134 valence electrons. The van der Waals surface area contributed by atoms with Crippen molar-refractivity contribution in [2.45, 2.75) is 90.2 Å². The number of carbonyl (C=O) groups is 1. The van der Waals surface area contributed by atoms with Crippen LogP contribution < -0.4 is 0 Å². The van der Waals surface area contributed by atoms with Crippen molar-refractivity contribution in [1.82, 2.24) is 0 Å². The molecule has 0 aromatic rings. The fraction of sp³-hybridized carbons (Fsp3) is 0.941. The van der Waals surface area contributed by atoms with Crippen LogP contribution in [-0.4, -0.2) is 53.0 Å². The fourth-order valence-corrected chi connectivity index (χ4v) is 2.99. The van der Waals surface area contributed by atoms with E-state index in [1.807, 2.05) is 20.8 Å². The van der Waals surface area contributed by atoms with Crippen LogP contribution in [0.5, 0.6) is 0 Å². The molecule has 2 aliphatic rings. The Hall–Kier alpha value is -0.690. The molecule has 7 atom stereocenters. The van der Waals surface area contributed by atoms with Crippen LogP contribution >= 0.6 is 0 Å². The second-order valence-corrected chi connectivity index (χ2v) is 7.19. The van der Waals surface area contributed by atoms with Gasteiger partial charge < -0.3 is 24.4 Å². The van der Waals surface area contributed by atoms with Crippen LogP contribution in [0.3, 0.4) is 0 Å². The van der Waals surface area contributed by atoms with Gasteiger partial charge in [-0.25, -0.2) is 0 Å². The summed E-state index contributed by atoms with van der Waals surface area (Å²) < 4.78 is 16.5. The molecule has 1 unspecified atom stereocenters. The molecule has 1 aliphatic heterocycles. The van der Waals surface area contributed by atoms with Gasteiger partial charge in [0.25, 0.3) is 0 Å². The van der Waals surface area contributed by atoms with Gasteiger partial charge in [-0.2, -0.15) is 0 Å². The minimum absolute atomic E-state index is 0.0382. The summed E-state index contributed by atoms with van der Waals surface area (Å²) in [5.74, 6) is 0.328. The average molecular weight is 330 g/mol. The number of esters is 1. The molecule has 2 N–H and O–H groups in total. The van der Waals surface area contributed by atoms with Gasteiger partial charge in [0.05, 0.1) is 30.3 Å². The topological polar surface area (TPSA) is 85.2 Å². The Kier molecular flexibility index (Phi) is 6.42. The summed E-state index contributed by atoms with van der Waals surface area (Å²) in [6, 6.07) is 0. The summed E-state index contributed by atoms with van der Waals surface area (Å²) in [7, 11) is 0. The monoisotopic (exact) mass is 330 g/mol. The molecule has 23 heavy (non-hydrogen) atoms. The third-order valence-electron chi connectivity index (χ3n) is 4.58. The van der Waals surface area contributed by atoms with Crippen molar-refractivity contribution in [3.63, 3.8) is 0 Å². The van der Waals surface area contributed by atoms with E-state index in [9.17, 15) is 15.0 Å². The quantitative estimate of drug-likeness (QED) is 0.690. The summed E-state index contributed by atoms with van der Waals surface area (Å²) in [4.78, 5) is 11.8. The molecule has 0 bridgehead atoms. The number of rotatable bonds is 7. The molecule has 0 aromatic carbocycles. The van der Waals surface area contributed by atoms with E-state index in [2.05, 4.69) is 0 Å². The Bertz CT molecular complexity index is 399. The maximum atomic E-state index is 11.8. The predicted molar refractivity (Wildman–Crippen MR) is 83.6 cm³/mol. The Morgan fingerprint density at radius 2 is 1.91 bits per heavy atom. The average Bonchev–Trinajstić information content (AvgIpc) is 3.21. The standard InChI is InChI=1S/C17H30O6/c1-9(2)21-16(20)13-7-12(13)6-5-10(3)22-17-15(19)8-14(18)11(4)23-17/h9-15,17-19H,5-8H2,1-4H3/t10-,11+,12-,13+,14-,15-,17?/m1/s1.